The molecular formula is C14H15N9O2. The molecule has 0 saturated heterocycles. The number of fused-ring (bicyclic) bond motifs is 3. The minimum Gasteiger partial charge on any atom is -0.358 e. The molecule has 0 fully saturated rings. The fourth-order valence-corrected chi connectivity index (χ4v) is 2.77. The summed E-state index contributed by atoms with van der Waals surface area (Å²) in [5, 5.41) is 24.4. The molecule has 0 aromatic carbocycles. The molecule has 4 aromatic heterocycles. The van der Waals surface area contributed by atoms with Crippen molar-refractivity contribution in [3.05, 3.63) is 40.2 Å². The van der Waals surface area contributed by atoms with Gasteiger partial charge in [-0.3, -0.25) is 4.68 Å². The molecular weight excluding hydrogens is 326 g/mol. The summed E-state index contributed by atoms with van der Waals surface area (Å²) < 4.78 is 4.90. The zero-order valence-electron chi connectivity index (χ0n) is 13.9. The van der Waals surface area contributed by atoms with Gasteiger partial charge < -0.3 is 10.1 Å². The summed E-state index contributed by atoms with van der Waals surface area (Å²) in [6.45, 7) is 4.18. The van der Waals surface area contributed by atoms with E-state index in [1.807, 2.05) is 14.0 Å². The van der Waals surface area contributed by atoms with Gasteiger partial charge in [0.1, 0.15) is 6.33 Å². The molecule has 0 N–H and O–H groups in total. The highest BCUT2D eigenvalue weighted by atomic mass is 16.6. The molecule has 0 spiro atoms. The fraction of sp³-hybridized carbons (Fsp3) is 0.357. The van der Waals surface area contributed by atoms with Crippen molar-refractivity contribution in [2.75, 3.05) is 0 Å². The van der Waals surface area contributed by atoms with Gasteiger partial charge in [0.05, 0.1) is 35.0 Å². The molecule has 4 rings (SSSR count). The van der Waals surface area contributed by atoms with Crippen LogP contribution in [-0.4, -0.2) is 44.1 Å². The molecule has 0 aliphatic heterocycles. The predicted octanol–water partition coefficient (Wildman–Crippen LogP) is 1.23. The number of hydrogen-bond donors (Lipinski definition) is 0. The lowest BCUT2D eigenvalue weighted by Crippen LogP contribution is -2.11. The van der Waals surface area contributed by atoms with Crippen molar-refractivity contribution in [3.63, 3.8) is 0 Å². The first-order valence-corrected chi connectivity index (χ1v) is 7.66. The van der Waals surface area contributed by atoms with Crippen molar-refractivity contribution < 1.29 is 4.92 Å². The van der Waals surface area contributed by atoms with E-state index in [4.69, 9.17) is 0 Å². The van der Waals surface area contributed by atoms with Crippen molar-refractivity contribution >= 4 is 22.5 Å². The second-order valence-corrected chi connectivity index (χ2v) is 5.97. The van der Waals surface area contributed by atoms with Gasteiger partial charge in [-0.1, -0.05) is 6.92 Å². The number of nitrogens with zero attached hydrogens (tertiary/aromatic N) is 9. The Morgan fingerprint density at radius 1 is 1.32 bits per heavy atom. The van der Waals surface area contributed by atoms with Crippen LogP contribution in [0.1, 0.15) is 24.4 Å². The summed E-state index contributed by atoms with van der Waals surface area (Å²) in [4.78, 5) is 19.3. The topological polar surface area (TPSA) is 122 Å². The standard InChI is InChI=1S/C14H15N9O2/c1-8(6-21-9(2)4-11(18-21)23(24)25)12-17-14-10-5-16-20(3)13(10)15-7-22(14)19-12/h4-5,7-8H,6H2,1-3H3/t8-/m0/s1. The number of rotatable bonds is 4. The van der Waals surface area contributed by atoms with Gasteiger partial charge in [-0.25, -0.2) is 14.5 Å². The van der Waals surface area contributed by atoms with Crippen LogP contribution in [-0.2, 0) is 13.6 Å². The molecule has 0 unspecified atom stereocenters. The highest BCUT2D eigenvalue weighted by Crippen LogP contribution is 2.21. The summed E-state index contributed by atoms with van der Waals surface area (Å²) in [7, 11) is 1.82. The maximum Gasteiger partial charge on any atom is 0.390 e. The molecule has 11 nitrogen and oxygen atoms in total. The van der Waals surface area contributed by atoms with E-state index in [0.29, 0.717) is 18.0 Å². The van der Waals surface area contributed by atoms with Crippen LogP contribution in [0.4, 0.5) is 5.82 Å². The van der Waals surface area contributed by atoms with Gasteiger partial charge in [0.15, 0.2) is 17.1 Å². The van der Waals surface area contributed by atoms with Crippen LogP contribution >= 0.6 is 0 Å². The SMILES string of the molecule is Cc1cc([N+](=O)[O-])nn1C[C@H](C)c1nc2c3cnn(C)c3ncn2n1. The second-order valence-electron chi connectivity index (χ2n) is 5.97. The highest BCUT2D eigenvalue weighted by molar-refractivity contribution is 5.88. The number of nitro groups is 1. The summed E-state index contributed by atoms with van der Waals surface area (Å²) in [5.74, 6) is 0.384. The van der Waals surface area contributed by atoms with Gasteiger partial charge in [0, 0.05) is 13.0 Å². The molecule has 0 bridgehead atoms. The van der Waals surface area contributed by atoms with Crippen LogP contribution in [0.25, 0.3) is 16.7 Å². The van der Waals surface area contributed by atoms with E-state index in [2.05, 4.69) is 25.3 Å². The van der Waals surface area contributed by atoms with Gasteiger partial charge >= 0.3 is 5.82 Å². The number of aromatic nitrogens is 8. The largest absolute Gasteiger partial charge is 0.390 e. The van der Waals surface area contributed by atoms with Crippen LogP contribution in [0.2, 0.25) is 0 Å². The molecule has 0 radical (unpaired) electrons. The maximum atomic E-state index is 10.9. The van der Waals surface area contributed by atoms with E-state index in [9.17, 15) is 10.1 Å². The Kier molecular flexibility index (Phi) is 3.23. The van der Waals surface area contributed by atoms with Crippen molar-refractivity contribution in [1.82, 2.24) is 39.1 Å². The van der Waals surface area contributed by atoms with Gasteiger partial charge in [0.25, 0.3) is 0 Å². The quantitative estimate of drug-likeness (QED) is 0.404. The van der Waals surface area contributed by atoms with Crippen LogP contribution in [0.15, 0.2) is 18.6 Å². The van der Waals surface area contributed by atoms with E-state index in [1.54, 1.807) is 33.3 Å². The summed E-state index contributed by atoms with van der Waals surface area (Å²) in [6, 6.07) is 1.45. The molecule has 11 heteroatoms. The molecule has 25 heavy (non-hydrogen) atoms. The van der Waals surface area contributed by atoms with Gasteiger partial charge in [-0.05, 0) is 11.8 Å². The fourth-order valence-electron chi connectivity index (χ4n) is 2.77. The maximum absolute atomic E-state index is 10.9. The molecule has 0 amide bonds. The van der Waals surface area contributed by atoms with E-state index in [0.717, 1.165) is 16.7 Å². The Morgan fingerprint density at radius 2 is 2.12 bits per heavy atom. The normalized spacial score (nSPS) is 12.9. The molecule has 0 aliphatic carbocycles. The molecule has 0 aliphatic rings. The van der Waals surface area contributed by atoms with Crippen molar-refractivity contribution in [3.8, 4) is 0 Å². The average Bonchev–Trinajstić information content (AvgIpc) is 3.25. The molecule has 1 atom stereocenters. The Morgan fingerprint density at radius 3 is 2.84 bits per heavy atom. The Bertz CT molecular complexity index is 1110. The molecule has 4 heterocycles. The first-order chi connectivity index (χ1) is 11.9. The zero-order chi connectivity index (χ0) is 17.7. The lowest BCUT2D eigenvalue weighted by Gasteiger charge is -2.05. The van der Waals surface area contributed by atoms with Crippen molar-refractivity contribution in [2.24, 2.45) is 7.05 Å². The molecule has 128 valence electrons. The van der Waals surface area contributed by atoms with E-state index in [1.165, 1.54) is 6.07 Å². The van der Waals surface area contributed by atoms with Gasteiger partial charge in [-0.15, -0.1) is 5.10 Å². The lowest BCUT2D eigenvalue weighted by atomic mass is 10.1. The second kappa shape index (κ2) is 5.33. The van der Waals surface area contributed by atoms with E-state index in [-0.39, 0.29) is 11.7 Å². The smallest absolute Gasteiger partial charge is 0.358 e. The summed E-state index contributed by atoms with van der Waals surface area (Å²) in [6.07, 6.45) is 3.31. The predicted molar refractivity (Wildman–Crippen MR) is 87.1 cm³/mol. The summed E-state index contributed by atoms with van der Waals surface area (Å²) in [5.41, 5.74) is 2.14. The van der Waals surface area contributed by atoms with Gasteiger partial charge in [-0.2, -0.15) is 9.78 Å². The van der Waals surface area contributed by atoms with Crippen LogP contribution in [0.5, 0.6) is 0 Å². The van der Waals surface area contributed by atoms with E-state index >= 15 is 0 Å². The monoisotopic (exact) mass is 341 g/mol. The van der Waals surface area contributed by atoms with Crippen LogP contribution in [0, 0.1) is 17.0 Å². The number of hydrogen-bond acceptors (Lipinski definition) is 7. The zero-order valence-corrected chi connectivity index (χ0v) is 13.9. The Hall–Kier alpha value is -3.37. The van der Waals surface area contributed by atoms with Crippen LogP contribution < -0.4 is 0 Å². The minimum absolute atomic E-state index is 0.0789. The van der Waals surface area contributed by atoms with Crippen molar-refractivity contribution in [1.29, 1.82) is 0 Å². The Balaban J connectivity index is 1.69. The Labute approximate surface area is 141 Å². The molecule has 0 saturated carbocycles. The highest BCUT2D eigenvalue weighted by Gasteiger charge is 2.21. The van der Waals surface area contributed by atoms with Crippen LogP contribution in [0.3, 0.4) is 0 Å². The number of aryl methyl sites for hydroxylation is 2. The minimum atomic E-state index is -0.498. The summed E-state index contributed by atoms with van der Waals surface area (Å²) >= 11 is 0. The third-order valence-corrected chi connectivity index (χ3v) is 4.13. The third kappa shape index (κ3) is 2.40. The van der Waals surface area contributed by atoms with E-state index < -0.39 is 4.92 Å². The lowest BCUT2D eigenvalue weighted by molar-refractivity contribution is -0.389. The van der Waals surface area contributed by atoms with Gasteiger partial charge in [0.2, 0.25) is 0 Å². The first kappa shape index (κ1) is 15.2. The molecule has 4 aromatic rings. The third-order valence-electron chi connectivity index (χ3n) is 4.13. The van der Waals surface area contributed by atoms with Crippen molar-refractivity contribution in [2.45, 2.75) is 26.3 Å². The average molecular weight is 341 g/mol. The first-order valence-electron chi connectivity index (χ1n) is 7.66.